The second-order valence-electron chi connectivity index (χ2n) is 5.75. The summed E-state index contributed by atoms with van der Waals surface area (Å²) in [4.78, 5) is 20.7. The van der Waals surface area contributed by atoms with Crippen LogP contribution in [0.3, 0.4) is 0 Å². The topological polar surface area (TPSA) is 76.1 Å². The summed E-state index contributed by atoms with van der Waals surface area (Å²) in [6, 6.07) is 16.5. The van der Waals surface area contributed by atoms with Crippen molar-refractivity contribution in [3.8, 4) is 5.75 Å². The average Bonchev–Trinajstić information content (AvgIpc) is 2.70. The van der Waals surface area contributed by atoms with Gasteiger partial charge in [-0.05, 0) is 54.4 Å². The fourth-order valence-corrected chi connectivity index (χ4v) is 2.54. The number of rotatable bonds is 7. The maximum atomic E-state index is 12.3. The third kappa shape index (κ3) is 5.43. The van der Waals surface area contributed by atoms with Gasteiger partial charge in [-0.15, -0.1) is 0 Å². The summed E-state index contributed by atoms with van der Waals surface area (Å²) in [5.41, 5.74) is 2.21. The minimum Gasteiger partial charge on any atom is -0.497 e. The fraction of sp³-hybridized carbons (Fsp3) is 0.150. The van der Waals surface area contributed by atoms with Gasteiger partial charge in [0.15, 0.2) is 0 Å². The van der Waals surface area contributed by atoms with Gasteiger partial charge in [-0.1, -0.05) is 23.7 Å². The molecular formula is C20H19ClN4O2. The monoisotopic (exact) mass is 382 g/mol. The number of hydrogen-bond donors (Lipinski definition) is 2. The van der Waals surface area contributed by atoms with E-state index in [2.05, 4.69) is 20.6 Å². The third-order valence-corrected chi connectivity index (χ3v) is 4.10. The summed E-state index contributed by atoms with van der Waals surface area (Å²) < 4.78 is 5.13. The molecular weight excluding hydrogens is 364 g/mol. The highest BCUT2D eigenvalue weighted by atomic mass is 35.5. The Bertz CT molecular complexity index is 899. The predicted octanol–water partition coefficient (Wildman–Crippen LogP) is 3.85. The molecule has 0 radical (unpaired) electrons. The number of halogens is 1. The van der Waals surface area contributed by atoms with Crippen LogP contribution in [0.1, 0.15) is 16.1 Å². The van der Waals surface area contributed by atoms with E-state index >= 15 is 0 Å². The largest absolute Gasteiger partial charge is 0.497 e. The maximum Gasteiger partial charge on any atom is 0.270 e. The number of aromatic nitrogens is 2. The van der Waals surface area contributed by atoms with E-state index in [4.69, 9.17) is 16.3 Å². The lowest BCUT2D eigenvalue weighted by Gasteiger charge is -2.08. The quantitative estimate of drug-likeness (QED) is 0.649. The Morgan fingerprint density at radius 1 is 1.07 bits per heavy atom. The number of nitrogens with zero attached hydrogens (tertiary/aromatic N) is 2. The van der Waals surface area contributed by atoms with Crippen molar-refractivity contribution in [2.75, 3.05) is 19.0 Å². The molecule has 7 heteroatoms. The predicted molar refractivity (Wildman–Crippen MR) is 106 cm³/mol. The van der Waals surface area contributed by atoms with Crippen LogP contribution < -0.4 is 15.4 Å². The minimum absolute atomic E-state index is 0.246. The van der Waals surface area contributed by atoms with E-state index in [1.807, 2.05) is 48.5 Å². The molecule has 0 fully saturated rings. The number of nitrogens with one attached hydrogen (secondary N) is 2. The Morgan fingerprint density at radius 2 is 1.81 bits per heavy atom. The van der Waals surface area contributed by atoms with Crippen molar-refractivity contribution >= 4 is 29.1 Å². The van der Waals surface area contributed by atoms with Crippen LogP contribution >= 0.6 is 11.6 Å². The van der Waals surface area contributed by atoms with Gasteiger partial charge >= 0.3 is 0 Å². The number of carbonyl (C=O) groups excluding carboxylic acids is 1. The van der Waals surface area contributed by atoms with E-state index < -0.39 is 0 Å². The lowest BCUT2D eigenvalue weighted by molar-refractivity contribution is 0.0949. The normalized spacial score (nSPS) is 10.3. The van der Waals surface area contributed by atoms with Crippen molar-refractivity contribution in [1.29, 1.82) is 0 Å². The first-order chi connectivity index (χ1) is 13.1. The van der Waals surface area contributed by atoms with Gasteiger partial charge < -0.3 is 15.4 Å². The van der Waals surface area contributed by atoms with E-state index in [-0.39, 0.29) is 5.91 Å². The molecule has 0 spiro atoms. The highest BCUT2D eigenvalue weighted by Crippen LogP contribution is 2.17. The summed E-state index contributed by atoms with van der Waals surface area (Å²) in [7, 11) is 1.61. The molecule has 3 aromatic rings. The van der Waals surface area contributed by atoms with Gasteiger partial charge in [-0.25, -0.2) is 9.97 Å². The van der Waals surface area contributed by atoms with Crippen LogP contribution in [0.5, 0.6) is 5.75 Å². The van der Waals surface area contributed by atoms with E-state index in [0.717, 1.165) is 17.0 Å². The molecule has 2 aromatic carbocycles. The molecule has 1 heterocycles. The number of ether oxygens (including phenoxy) is 1. The van der Waals surface area contributed by atoms with Crippen LogP contribution in [0.15, 0.2) is 60.8 Å². The van der Waals surface area contributed by atoms with E-state index in [1.54, 1.807) is 19.4 Å². The van der Waals surface area contributed by atoms with Crippen molar-refractivity contribution in [1.82, 2.24) is 15.3 Å². The highest BCUT2D eigenvalue weighted by molar-refractivity contribution is 6.30. The van der Waals surface area contributed by atoms with Crippen LogP contribution in [-0.2, 0) is 6.42 Å². The lowest BCUT2D eigenvalue weighted by atomic mass is 10.1. The SMILES string of the molecule is COc1ccc(Nc2nccc(C(=O)NCCc3ccc(Cl)cc3)n2)cc1. The zero-order valence-electron chi connectivity index (χ0n) is 14.8. The zero-order chi connectivity index (χ0) is 19.1. The van der Waals surface area contributed by atoms with Crippen molar-refractivity contribution in [3.05, 3.63) is 77.1 Å². The summed E-state index contributed by atoms with van der Waals surface area (Å²) in [6.45, 7) is 0.506. The van der Waals surface area contributed by atoms with Gasteiger partial charge in [0.05, 0.1) is 7.11 Å². The summed E-state index contributed by atoms with van der Waals surface area (Å²) >= 11 is 5.87. The molecule has 1 amide bonds. The Kier molecular flexibility index (Phi) is 6.22. The van der Waals surface area contributed by atoms with Gasteiger partial charge in [0.25, 0.3) is 5.91 Å². The first-order valence-electron chi connectivity index (χ1n) is 8.41. The summed E-state index contributed by atoms with van der Waals surface area (Å²) in [5.74, 6) is 0.866. The van der Waals surface area contributed by atoms with Crippen molar-refractivity contribution in [2.24, 2.45) is 0 Å². The van der Waals surface area contributed by atoms with Gasteiger partial charge in [0.2, 0.25) is 5.95 Å². The Labute approximate surface area is 162 Å². The van der Waals surface area contributed by atoms with Gasteiger partial charge in [0.1, 0.15) is 11.4 Å². The second kappa shape index (κ2) is 9.00. The number of methoxy groups -OCH3 is 1. The van der Waals surface area contributed by atoms with Crippen molar-refractivity contribution in [3.63, 3.8) is 0 Å². The lowest BCUT2D eigenvalue weighted by Crippen LogP contribution is -2.26. The van der Waals surface area contributed by atoms with Crippen molar-refractivity contribution in [2.45, 2.75) is 6.42 Å². The van der Waals surface area contributed by atoms with Crippen LogP contribution in [0.2, 0.25) is 5.02 Å². The highest BCUT2D eigenvalue weighted by Gasteiger charge is 2.09. The number of anilines is 2. The second-order valence-corrected chi connectivity index (χ2v) is 6.19. The first-order valence-corrected chi connectivity index (χ1v) is 8.78. The third-order valence-electron chi connectivity index (χ3n) is 3.85. The molecule has 0 unspecified atom stereocenters. The molecule has 0 bridgehead atoms. The number of benzene rings is 2. The first kappa shape index (κ1) is 18.7. The smallest absolute Gasteiger partial charge is 0.270 e. The van der Waals surface area contributed by atoms with Crippen molar-refractivity contribution < 1.29 is 9.53 Å². The molecule has 6 nitrogen and oxygen atoms in total. The molecule has 0 aliphatic carbocycles. The summed E-state index contributed by atoms with van der Waals surface area (Å²) in [6.07, 6.45) is 2.26. The Balaban J connectivity index is 1.56. The molecule has 138 valence electrons. The molecule has 3 rings (SSSR count). The van der Waals surface area contributed by atoms with Crippen LogP contribution in [0.4, 0.5) is 11.6 Å². The van der Waals surface area contributed by atoms with Gasteiger partial charge in [-0.2, -0.15) is 0 Å². The molecule has 0 atom stereocenters. The number of carbonyl (C=O) groups is 1. The van der Waals surface area contributed by atoms with Crippen LogP contribution in [0.25, 0.3) is 0 Å². The van der Waals surface area contributed by atoms with E-state index in [9.17, 15) is 4.79 Å². The molecule has 0 aliphatic heterocycles. The fourth-order valence-electron chi connectivity index (χ4n) is 2.41. The number of amides is 1. The average molecular weight is 383 g/mol. The molecule has 2 N–H and O–H groups in total. The van der Waals surface area contributed by atoms with Crippen LogP contribution in [-0.4, -0.2) is 29.5 Å². The Morgan fingerprint density at radius 3 is 2.52 bits per heavy atom. The molecule has 1 aromatic heterocycles. The van der Waals surface area contributed by atoms with E-state index in [0.29, 0.717) is 29.6 Å². The Hall–Kier alpha value is -3.12. The molecule has 27 heavy (non-hydrogen) atoms. The standard InChI is InChI=1S/C20H19ClN4O2/c1-27-17-8-6-16(7-9-17)24-20-23-13-11-18(25-20)19(26)22-12-10-14-2-4-15(21)5-3-14/h2-9,11,13H,10,12H2,1H3,(H,22,26)(H,23,24,25). The van der Waals surface area contributed by atoms with Gasteiger partial charge in [0, 0.05) is 23.5 Å². The minimum atomic E-state index is -0.246. The van der Waals surface area contributed by atoms with Crippen LogP contribution in [0, 0.1) is 0 Å². The molecule has 0 saturated heterocycles. The van der Waals surface area contributed by atoms with E-state index in [1.165, 1.54) is 0 Å². The van der Waals surface area contributed by atoms with Gasteiger partial charge in [-0.3, -0.25) is 4.79 Å². The number of hydrogen-bond acceptors (Lipinski definition) is 5. The maximum absolute atomic E-state index is 12.3. The zero-order valence-corrected chi connectivity index (χ0v) is 15.5. The molecule has 0 saturated carbocycles. The molecule has 0 aliphatic rings. The summed E-state index contributed by atoms with van der Waals surface area (Å²) in [5, 5.41) is 6.62.